The second-order valence-corrected chi connectivity index (χ2v) is 5.12. The van der Waals surface area contributed by atoms with Crippen molar-refractivity contribution in [2.24, 2.45) is 5.41 Å². The molecule has 0 aliphatic heterocycles. The number of carbonyl (C=O) groups is 1. The Morgan fingerprint density at radius 1 is 1.44 bits per heavy atom. The average molecular weight is 248 g/mol. The van der Waals surface area contributed by atoms with Crippen molar-refractivity contribution in [2.45, 2.75) is 20.8 Å². The minimum absolute atomic E-state index is 0.0910. The second kappa shape index (κ2) is 6.10. The van der Waals surface area contributed by atoms with Crippen LogP contribution in [-0.2, 0) is 4.74 Å². The summed E-state index contributed by atoms with van der Waals surface area (Å²) in [5, 5.41) is 2.61. The fraction of sp³-hybridized carbons (Fsp3) is 0.357. The van der Waals surface area contributed by atoms with Crippen LogP contribution in [0.5, 0.6) is 0 Å². The van der Waals surface area contributed by atoms with E-state index in [1.807, 2.05) is 12.2 Å². The van der Waals surface area contributed by atoms with Crippen molar-refractivity contribution in [3.8, 4) is 0 Å². The third kappa shape index (κ3) is 5.94. The van der Waals surface area contributed by atoms with Crippen molar-refractivity contribution in [3.05, 3.63) is 36.4 Å². The van der Waals surface area contributed by atoms with Crippen LogP contribution >= 0.6 is 0 Å². The van der Waals surface area contributed by atoms with Gasteiger partial charge in [0.15, 0.2) is 0 Å². The van der Waals surface area contributed by atoms with Gasteiger partial charge in [-0.15, -0.1) is 0 Å². The van der Waals surface area contributed by atoms with Gasteiger partial charge in [0.2, 0.25) is 0 Å². The van der Waals surface area contributed by atoms with Crippen molar-refractivity contribution < 1.29 is 9.53 Å². The van der Waals surface area contributed by atoms with Crippen LogP contribution in [0.1, 0.15) is 20.8 Å². The second-order valence-electron chi connectivity index (χ2n) is 5.12. The van der Waals surface area contributed by atoms with Crippen molar-refractivity contribution in [1.29, 1.82) is 0 Å². The van der Waals surface area contributed by atoms with Crippen LogP contribution in [0.4, 0.5) is 16.2 Å². The van der Waals surface area contributed by atoms with Crippen LogP contribution in [0, 0.1) is 5.41 Å². The van der Waals surface area contributed by atoms with E-state index in [0.29, 0.717) is 11.4 Å². The monoisotopic (exact) mass is 248 g/mol. The Morgan fingerprint density at radius 3 is 2.78 bits per heavy atom. The molecule has 0 aromatic heterocycles. The Hall–Kier alpha value is -1.97. The molecule has 0 bridgehead atoms. The number of allylic oxidation sites excluding steroid dienone is 1. The molecule has 0 saturated heterocycles. The van der Waals surface area contributed by atoms with E-state index in [4.69, 9.17) is 10.5 Å². The predicted octanol–water partition coefficient (Wildman–Crippen LogP) is 3.42. The molecule has 0 unspecified atom stereocenters. The third-order valence-electron chi connectivity index (χ3n) is 2.06. The highest BCUT2D eigenvalue weighted by Gasteiger charge is 2.04. The van der Waals surface area contributed by atoms with Crippen LogP contribution in [0.2, 0.25) is 0 Å². The number of nitrogens with one attached hydrogen (secondary N) is 1. The first-order valence-electron chi connectivity index (χ1n) is 5.84. The maximum Gasteiger partial charge on any atom is 0.411 e. The lowest BCUT2D eigenvalue weighted by Gasteiger charge is -2.11. The molecular weight excluding hydrogens is 228 g/mol. The molecule has 1 aromatic rings. The summed E-state index contributed by atoms with van der Waals surface area (Å²) in [5.41, 5.74) is 6.91. The zero-order valence-corrected chi connectivity index (χ0v) is 11.1. The molecule has 98 valence electrons. The van der Waals surface area contributed by atoms with Crippen molar-refractivity contribution >= 4 is 17.5 Å². The van der Waals surface area contributed by atoms with E-state index in [2.05, 4.69) is 26.1 Å². The Kier molecular flexibility index (Phi) is 4.77. The summed E-state index contributed by atoms with van der Waals surface area (Å²) in [4.78, 5) is 11.4. The number of rotatable bonds is 3. The topological polar surface area (TPSA) is 64.3 Å². The van der Waals surface area contributed by atoms with Gasteiger partial charge in [-0.05, 0) is 23.6 Å². The smallest absolute Gasteiger partial charge is 0.411 e. The summed E-state index contributed by atoms with van der Waals surface area (Å²) in [5.74, 6) is 0. The number of nitrogens with two attached hydrogens (primary N) is 1. The van der Waals surface area contributed by atoms with E-state index in [0.717, 1.165) is 0 Å². The van der Waals surface area contributed by atoms with Gasteiger partial charge >= 0.3 is 6.09 Å². The molecule has 0 aliphatic rings. The number of hydrogen-bond acceptors (Lipinski definition) is 3. The van der Waals surface area contributed by atoms with E-state index in [-0.39, 0.29) is 12.0 Å². The number of carbonyl (C=O) groups excluding carboxylic acids is 1. The fourth-order valence-corrected chi connectivity index (χ4v) is 1.30. The zero-order chi connectivity index (χ0) is 13.6. The Bertz CT molecular complexity index is 434. The van der Waals surface area contributed by atoms with Crippen molar-refractivity contribution in [1.82, 2.24) is 0 Å². The van der Waals surface area contributed by atoms with E-state index in [1.54, 1.807) is 24.3 Å². The highest BCUT2D eigenvalue weighted by atomic mass is 16.5. The number of ether oxygens (including phenoxy) is 1. The molecule has 1 rings (SSSR count). The van der Waals surface area contributed by atoms with E-state index in [1.165, 1.54) is 0 Å². The number of amides is 1. The SMILES string of the molecule is CC(C)(C)C=CCOC(=O)Nc1cccc(N)c1. The lowest BCUT2D eigenvalue weighted by Crippen LogP contribution is -2.14. The molecule has 0 radical (unpaired) electrons. The average Bonchev–Trinajstić information content (AvgIpc) is 2.23. The molecule has 0 saturated carbocycles. The molecular formula is C14H20N2O2. The Morgan fingerprint density at radius 2 is 2.17 bits per heavy atom. The normalized spacial score (nSPS) is 11.5. The van der Waals surface area contributed by atoms with Crippen molar-refractivity contribution in [3.63, 3.8) is 0 Å². The standard InChI is InChI=1S/C14H20N2O2/c1-14(2,3)8-5-9-18-13(17)16-12-7-4-6-11(15)10-12/h4-8,10H,9,15H2,1-3H3,(H,16,17). The summed E-state index contributed by atoms with van der Waals surface area (Å²) < 4.78 is 5.00. The number of nitrogen functional groups attached to an aromatic ring is 1. The molecule has 18 heavy (non-hydrogen) atoms. The Balaban J connectivity index is 2.37. The quantitative estimate of drug-likeness (QED) is 0.636. The minimum Gasteiger partial charge on any atom is -0.445 e. The van der Waals surface area contributed by atoms with Gasteiger partial charge in [0.1, 0.15) is 6.61 Å². The van der Waals surface area contributed by atoms with Crippen LogP contribution in [0.25, 0.3) is 0 Å². The first-order chi connectivity index (χ1) is 8.37. The van der Waals surface area contributed by atoms with E-state index < -0.39 is 6.09 Å². The third-order valence-corrected chi connectivity index (χ3v) is 2.06. The van der Waals surface area contributed by atoms with E-state index >= 15 is 0 Å². The molecule has 3 N–H and O–H groups in total. The van der Waals surface area contributed by atoms with Crippen LogP contribution in [0.3, 0.4) is 0 Å². The number of hydrogen-bond donors (Lipinski definition) is 2. The van der Waals surface area contributed by atoms with Crippen molar-refractivity contribution in [2.75, 3.05) is 17.7 Å². The molecule has 0 heterocycles. The molecule has 0 spiro atoms. The molecule has 4 heteroatoms. The van der Waals surface area contributed by atoms with E-state index in [9.17, 15) is 4.79 Å². The molecule has 0 aliphatic carbocycles. The Labute approximate surface area is 108 Å². The van der Waals surface area contributed by atoms with Crippen LogP contribution < -0.4 is 11.1 Å². The summed E-state index contributed by atoms with van der Waals surface area (Å²) in [7, 11) is 0. The summed E-state index contributed by atoms with van der Waals surface area (Å²) in [6, 6.07) is 6.95. The predicted molar refractivity (Wildman–Crippen MR) is 74.4 cm³/mol. The lowest BCUT2D eigenvalue weighted by molar-refractivity contribution is 0.174. The van der Waals surface area contributed by atoms with Gasteiger partial charge < -0.3 is 10.5 Å². The summed E-state index contributed by atoms with van der Waals surface area (Å²) in [6.45, 7) is 6.49. The van der Waals surface area contributed by atoms with Gasteiger partial charge in [-0.25, -0.2) is 4.79 Å². The minimum atomic E-state index is -0.487. The zero-order valence-electron chi connectivity index (χ0n) is 11.1. The molecule has 1 aromatic carbocycles. The first-order valence-corrected chi connectivity index (χ1v) is 5.84. The van der Waals surface area contributed by atoms with Gasteiger partial charge in [-0.1, -0.05) is 39.0 Å². The van der Waals surface area contributed by atoms with Gasteiger partial charge in [-0.3, -0.25) is 5.32 Å². The molecule has 4 nitrogen and oxygen atoms in total. The van der Waals surface area contributed by atoms with Crippen LogP contribution in [0.15, 0.2) is 36.4 Å². The molecule has 1 amide bonds. The first kappa shape index (κ1) is 14.1. The number of anilines is 2. The maximum absolute atomic E-state index is 11.4. The number of benzene rings is 1. The molecule has 0 atom stereocenters. The molecule has 0 fully saturated rings. The van der Waals surface area contributed by atoms with Gasteiger partial charge in [0.05, 0.1) is 0 Å². The highest BCUT2D eigenvalue weighted by Crippen LogP contribution is 2.14. The maximum atomic E-state index is 11.4. The highest BCUT2D eigenvalue weighted by molar-refractivity contribution is 5.85. The lowest BCUT2D eigenvalue weighted by atomic mass is 9.96. The van der Waals surface area contributed by atoms with Crippen LogP contribution in [-0.4, -0.2) is 12.7 Å². The van der Waals surface area contributed by atoms with Gasteiger partial charge in [0.25, 0.3) is 0 Å². The fourth-order valence-electron chi connectivity index (χ4n) is 1.30. The summed E-state index contributed by atoms with van der Waals surface area (Å²) in [6.07, 6.45) is 3.35. The van der Waals surface area contributed by atoms with Gasteiger partial charge in [-0.2, -0.15) is 0 Å². The largest absolute Gasteiger partial charge is 0.445 e. The van der Waals surface area contributed by atoms with Gasteiger partial charge in [0, 0.05) is 11.4 Å². The summed E-state index contributed by atoms with van der Waals surface area (Å²) >= 11 is 0.